The van der Waals surface area contributed by atoms with Gasteiger partial charge in [-0.15, -0.1) is 0 Å². The predicted molar refractivity (Wildman–Crippen MR) is 64.5 cm³/mol. The summed E-state index contributed by atoms with van der Waals surface area (Å²) in [7, 11) is 0. The molecule has 3 nitrogen and oxygen atoms in total. The van der Waals surface area contributed by atoms with Crippen LogP contribution in [0.2, 0.25) is 0 Å². The van der Waals surface area contributed by atoms with Crippen LogP contribution in [0.25, 0.3) is 0 Å². The quantitative estimate of drug-likeness (QED) is 0.798. The number of nitrogens with zero attached hydrogens (tertiary/aromatic N) is 1. The van der Waals surface area contributed by atoms with Crippen molar-refractivity contribution in [3.05, 3.63) is 0 Å². The van der Waals surface area contributed by atoms with E-state index >= 15 is 0 Å². The number of hydrogen-bond donors (Lipinski definition) is 1. The van der Waals surface area contributed by atoms with E-state index in [4.69, 9.17) is 4.74 Å². The molecule has 0 amide bonds. The van der Waals surface area contributed by atoms with Crippen molar-refractivity contribution in [2.24, 2.45) is 0 Å². The van der Waals surface area contributed by atoms with Gasteiger partial charge in [0.25, 0.3) is 0 Å². The molecule has 0 radical (unpaired) electrons. The third-order valence-electron chi connectivity index (χ3n) is 3.89. The average molecular weight is 227 g/mol. The molecule has 0 aromatic rings. The van der Waals surface area contributed by atoms with Crippen LogP contribution in [0.4, 0.5) is 0 Å². The molecule has 2 heterocycles. The number of aliphatic hydroxyl groups is 1. The van der Waals surface area contributed by atoms with E-state index in [0.717, 1.165) is 19.6 Å². The minimum atomic E-state index is -0.171. The Kier molecular flexibility index (Phi) is 4.62. The summed E-state index contributed by atoms with van der Waals surface area (Å²) in [5.41, 5.74) is 0. The molecule has 2 fully saturated rings. The summed E-state index contributed by atoms with van der Waals surface area (Å²) in [6, 6.07) is 1.19. The molecule has 2 saturated heterocycles. The Labute approximate surface area is 98.8 Å². The molecule has 3 atom stereocenters. The summed E-state index contributed by atoms with van der Waals surface area (Å²) in [6.07, 6.45) is 7.11. The largest absolute Gasteiger partial charge is 0.393 e. The standard InChI is InChI=1S/C13H25NO2/c1-11(15)9-12-5-2-3-7-14(12)13-6-4-8-16-10-13/h11-13,15H,2-10H2,1H3. The second-order valence-corrected chi connectivity index (χ2v) is 5.34. The van der Waals surface area contributed by atoms with Crippen molar-refractivity contribution >= 4 is 0 Å². The highest BCUT2D eigenvalue weighted by molar-refractivity contribution is 4.85. The Bertz CT molecular complexity index is 202. The fourth-order valence-corrected chi connectivity index (χ4v) is 3.14. The van der Waals surface area contributed by atoms with Gasteiger partial charge in [0.05, 0.1) is 12.7 Å². The summed E-state index contributed by atoms with van der Waals surface area (Å²) in [4.78, 5) is 2.61. The maximum absolute atomic E-state index is 9.56. The highest BCUT2D eigenvalue weighted by Gasteiger charge is 2.30. The first-order chi connectivity index (χ1) is 7.77. The molecule has 0 aliphatic carbocycles. The van der Waals surface area contributed by atoms with Gasteiger partial charge in [0.2, 0.25) is 0 Å². The van der Waals surface area contributed by atoms with Crippen molar-refractivity contribution in [2.75, 3.05) is 19.8 Å². The molecule has 0 aromatic carbocycles. The van der Waals surface area contributed by atoms with Crippen LogP contribution in [0.3, 0.4) is 0 Å². The van der Waals surface area contributed by atoms with Crippen LogP contribution in [-0.4, -0.2) is 48.0 Å². The van der Waals surface area contributed by atoms with E-state index in [0.29, 0.717) is 12.1 Å². The molecule has 3 unspecified atom stereocenters. The number of ether oxygens (including phenoxy) is 1. The molecule has 3 heteroatoms. The Morgan fingerprint density at radius 1 is 1.31 bits per heavy atom. The lowest BCUT2D eigenvalue weighted by Gasteiger charge is -2.43. The van der Waals surface area contributed by atoms with Crippen molar-refractivity contribution in [1.82, 2.24) is 4.90 Å². The van der Waals surface area contributed by atoms with Gasteiger partial charge in [0, 0.05) is 18.7 Å². The maximum atomic E-state index is 9.56. The number of likely N-dealkylation sites (tertiary alicyclic amines) is 1. The van der Waals surface area contributed by atoms with Crippen molar-refractivity contribution < 1.29 is 9.84 Å². The highest BCUT2D eigenvalue weighted by atomic mass is 16.5. The first-order valence-corrected chi connectivity index (χ1v) is 6.79. The molecule has 2 rings (SSSR count). The summed E-state index contributed by atoms with van der Waals surface area (Å²) < 4.78 is 5.58. The average Bonchev–Trinajstić information content (AvgIpc) is 2.30. The number of rotatable bonds is 3. The third kappa shape index (κ3) is 3.19. The van der Waals surface area contributed by atoms with Crippen LogP contribution in [0.1, 0.15) is 45.4 Å². The van der Waals surface area contributed by atoms with Gasteiger partial charge in [-0.3, -0.25) is 4.90 Å². The molecule has 16 heavy (non-hydrogen) atoms. The second-order valence-electron chi connectivity index (χ2n) is 5.34. The summed E-state index contributed by atoms with van der Waals surface area (Å²) >= 11 is 0. The van der Waals surface area contributed by atoms with Gasteiger partial charge in [-0.05, 0) is 45.6 Å². The smallest absolute Gasteiger partial charge is 0.0621 e. The van der Waals surface area contributed by atoms with E-state index < -0.39 is 0 Å². The topological polar surface area (TPSA) is 32.7 Å². The second kappa shape index (κ2) is 5.99. The molecule has 94 valence electrons. The zero-order chi connectivity index (χ0) is 11.4. The minimum Gasteiger partial charge on any atom is -0.393 e. The fourth-order valence-electron chi connectivity index (χ4n) is 3.14. The number of piperidine rings is 1. The van der Waals surface area contributed by atoms with Gasteiger partial charge < -0.3 is 9.84 Å². The maximum Gasteiger partial charge on any atom is 0.0621 e. The van der Waals surface area contributed by atoms with Crippen LogP contribution in [-0.2, 0) is 4.74 Å². The lowest BCUT2D eigenvalue weighted by atomic mass is 9.94. The van der Waals surface area contributed by atoms with E-state index in [1.807, 2.05) is 6.92 Å². The van der Waals surface area contributed by atoms with E-state index in [1.54, 1.807) is 0 Å². The molecule has 2 aliphatic rings. The first kappa shape index (κ1) is 12.3. The molecular formula is C13H25NO2. The van der Waals surface area contributed by atoms with Gasteiger partial charge >= 0.3 is 0 Å². The third-order valence-corrected chi connectivity index (χ3v) is 3.89. The van der Waals surface area contributed by atoms with Gasteiger partial charge in [-0.25, -0.2) is 0 Å². The normalized spacial score (nSPS) is 34.9. The number of aliphatic hydroxyl groups excluding tert-OH is 1. The van der Waals surface area contributed by atoms with Crippen molar-refractivity contribution in [3.8, 4) is 0 Å². The SMILES string of the molecule is CC(O)CC1CCCCN1C1CCCOC1. The lowest BCUT2D eigenvalue weighted by Crippen LogP contribution is -2.50. The van der Waals surface area contributed by atoms with Gasteiger partial charge in [-0.1, -0.05) is 6.42 Å². The Balaban J connectivity index is 1.92. The van der Waals surface area contributed by atoms with Crippen molar-refractivity contribution in [2.45, 2.75) is 63.6 Å². The van der Waals surface area contributed by atoms with Crippen LogP contribution in [0.5, 0.6) is 0 Å². The summed E-state index contributed by atoms with van der Waals surface area (Å²) in [5.74, 6) is 0. The Morgan fingerprint density at radius 3 is 2.88 bits per heavy atom. The molecule has 0 saturated carbocycles. The van der Waals surface area contributed by atoms with Crippen LogP contribution in [0.15, 0.2) is 0 Å². The summed E-state index contributed by atoms with van der Waals surface area (Å²) in [5, 5.41) is 9.56. The summed E-state index contributed by atoms with van der Waals surface area (Å²) in [6.45, 7) is 4.94. The Morgan fingerprint density at radius 2 is 2.19 bits per heavy atom. The molecule has 2 aliphatic heterocycles. The van der Waals surface area contributed by atoms with Crippen molar-refractivity contribution in [1.29, 1.82) is 0 Å². The Hall–Kier alpha value is -0.120. The zero-order valence-electron chi connectivity index (χ0n) is 10.4. The van der Waals surface area contributed by atoms with E-state index in [-0.39, 0.29) is 6.10 Å². The van der Waals surface area contributed by atoms with E-state index in [1.165, 1.54) is 38.6 Å². The predicted octanol–water partition coefficient (Wildman–Crippen LogP) is 1.79. The van der Waals surface area contributed by atoms with Crippen LogP contribution >= 0.6 is 0 Å². The van der Waals surface area contributed by atoms with Crippen LogP contribution < -0.4 is 0 Å². The first-order valence-electron chi connectivity index (χ1n) is 6.79. The highest BCUT2D eigenvalue weighted by Crippen LogP contribution is 2.26. The monoisotopic (exact) mass is 227 g/mol. The number of hydrogen-bond acceptors (Lipinski definition) is 3. The van der Waals surface area contributed by atoms with E-state index in [2.05, 4.69) is 4.90 Å². The van der Waals surface area contributed by atoms with Gasteiger partial charge in [0.15, 0.2) is 0 Å². The molecule has 0 aromatic heterocycles. The molecule has 0 spiro atoms. The zero-order valence-corrected chi connectivity index (χ0v) is 10.4. The minimum absolute atomic E-state index is 0.171. The lowest BCUT2D eigenvalue weighted by molar-refractivity contribution is -0.0213. The molecule has 0 bridgehead atoms. The molecule has 1 N–H and O–H groups in total. The van der Waals surface area contributed by atoms with Gasteiger partial charge in [0.1, 0.15) is 0 Å². The van der Waals surface area contributed by atoms with Crippen molar-refractivity contribution in [3.63, 3.8) is 0 Å². The fraction of sp³-hybridized carbons (Fsp3) is 1.00. The van der Waals surface area contributed by atoms with Crippen LogP contribution in [0, 0.1) is 0 Å². The van der Waals surface area contributed by atoms with E-state index in [9.17, 15) is 5.11 Å². The molecular weight excluding hydrogens is 202 g/mol. The van der Waals surface area contributed by atoms with Gasteiger partial charge in [-0.2, -0.15) is 0 Å².